The lowest BCUT2D eigenvalue weighted by molar-refractivity contribution is -0.117. The van der Waals surface area contributed by atoms with Crippen molar-refractivity contribution in [3.8, 4) is 0 Å². The van der Waals surface area contributed by atoms with Gasteiger partial charge in [0.2, 0.25) is 5.91 Å². The third kappa shape index (κ3) is 1.32. The SMILES string of the molecule is CCn1nc(C)c2c1N1c3ccccc3CC1C(=O)N2. The molecule has 5 heteroatoms. The Morgan fingerprint density at radius 2 is 2.20 bits per heavy atom. The fourth-order valence-corrected chi connectivity index (χ4v) is 3.25. The van der Waals surface area contributed by atoms with Crippen LogP contribution >= 0.6 is 0 Å². The molecule has 0 saturated heterocycles. The van der Waals surface area contributed by atoms with E-state index in [4.69, 9.17) is 0 Å². The second-order valence-corrected chi connectivity index (χ2v) is 5.31. The summed E-state index contributed by atoms with van der Waals surface area (Å²) in [7, 11) is 0. The topological polar surface area (TPSA) is 50.2 Å². The van der Waals surface area contributed by atoms with Crippen LogP contribution in [0.25, 0.3) is 0 Å². The monoisotopic (exact) mass is 268 g/mol. The number of fused-ring (bicyclic) bond motifs is 5. The Labute approximate surface area is 117 Å². The van der Waals surface area contributed by atoms with Crippen LogP contribution in [0.2, 0.25) is 0 Å². The fraction of sp³-hybridized carbons (Fsp3) is 0.333. The molecule has 0 aliphatic carbocycles. The number of nitrogens with one attached hydrogen (secondary N) is 1. The van der Waals surface area contributed by atoms with Crippen molar-refractivity contribution < 1.29 is 4.79 Å². The number of rotatable bonds is 1. The number of hydrogen-bond acceptors (Lipinski definition) is 3. The molecule has 0 bridgehead atoms. The number of benzene rings is 1. The van der Waals surface area contributed by atoms with Gasteiger partial charge in [0.25, 0.3) is 0 Å². The number of amides is 1. The Morgan fingerprint density at radius 1 is 1.40 bits per heavy atom. The summed E-state index contributed by atoms with van der Waals surface area (Å²) in [5, 5.41) is 7.56. The van der Waals surface area contributed by atoms with Crippen molar-refractivity contribution in [2.24, 2.45) is 0 Å². The number of carbonyl (C=O) groups is 1. The van der Waals surface area contributed by atoms with Gasteiger partial charge in [0.05, 0.1) is 5.69 Å². The van der Waals surface area contributed by atoms with Gasteiger partial charge in [0.15, 0.2) is 5.82 Å². The van der Waals surface area contributed by atoms with Gasteiger partial charge in [-0.25, -0.2) is 4.68 Å². The molecule has 0 saturated carbocycles. The van der Waals surface area contributed by atoms with E-state index in [1.165, 1.54) is 5.56 Å². The maximum absolute atomic E-state index is 12.4. The molecule has 0 radical (unpaired) electrons. The van der Waals surface area contributed by atoms with Gasteiger partial charge in [-0.15, -0.1) is 0 Å². The van der Waals surface area contributed by atoms with Gasteiger partial charge in [-0.05, 0) is 25.5 Å². The number of nitrogens with zero attached hydrogens (tertiary/aromatic N) is 3. The van der Waals surface area contributed by atoms with E-state index in [1.807, 2.05) is 23.7 Å². The zero-order valence-corrected chi connectivity index (χ0v) is 11.6. The zero-order valence-electron chi connectivity index (χ0n) is 11.6. The van der Waals surface area contributed by atoms with Crippen LogP contribution in [0, 0.1) is 6.92 Å². The highest BCUT2D eigenvalue weighted by molar-refractivity contribution is 6.07. The molecule has 1 atom stereocenters. The van der Waals surface area contributed by atoms with Gasteiger partial charge >= 0.3 is 0 Å². The van der Waals surface area contributed by atoms with E-state index in [-0.39, 0.29) is 11.9 Å². The average Bonchev–Trinajstić information content (AvgIpc) is 2.98. The summed E-state index contributed by atoms with van der Waals surface area (Å²) in [4.78, 5) is 14.5. The number of aryl methyl sites for hydroxylation is 2. The molecule has 1 amide bonds. The van der Waals surface area contributed by atoms with Crippen LogP contribution in [-0.2, 0) is 17.8 Å². The van der Waals surface area contributed by atoms with Crippen LogP contribution in [0.4, 0.5) is 17.2 Å². The van der Waals surface area contributed by atoms with Gasteiger partial charge in [0, 0.05) is 18.7 Å². The molecule has 0 spiro atoms. The van der Waals surface area contributed by atoms with Crippen molar-refractivity contribution in [3.05, 3.63) is 35.5 Å². The molecule has 20 heavy (non-hydrogen) atoms. The zero-order chi connectivity index (χ0) is 13.9. The van der Waals surface area contributed by atoms with Gasteiger partial charge < -0.3 is 10.2 Å². The van der Waals surface area contributed by atoms with E-state index in [0.29, 0.717) is 0 Å². The van der Waals surface area contributed by atoms with E-state index in [1.54, 1.807) is 0 Å². The standard InChI is InChI=1S/C15H16N4O/c1-3-18-15-13(9(2)17-18)16-14(20)12-8-10-6-4-5-7-11(10)19(12)15/h4-7,12H,3,8H2,1-2H3,(H,16,20). The van der Waals surface area contributed by atoms with Crippen molar-refractivity contribution >= 4 is 23.1 Å². The van der Waals surface area contributed by atoms with E-state index in [2.05, 4.69) is 34.4 Å². The summed E-state index contributed by atoms with van der Waals surface area (Å²) in [6.45, 7) is 4.80. The molecule has 102 valence electrons. The highest BCUT2D eigenvalue weighted by Gasteiger charge is 2.42. The van der Waals surface area contributed by atoms with Crippen molar-refractivity contribution in [2.75, 3.05) is 10.2 Å². The van der Waals surface area contributed by atoms with Crippen LogP contribution in [0.5, 0.6) is 0 Å². The Balaban J connectivity index is 1.98. The van der Waals surface area contributed by atoms with E-state index in [9.17, 15) is 4.79 Å². The van der Waals surface area contributed by atoms with Crippen LogP contribution in [0.1, 0.15) is 18.2 Å². The summed E-state index contributed by atoms with van der Waals surface area (Å²) in [5.74, 6) is 1.08. The predicted octanol–water partition coefficient (Wildman–Crippen LogP) is 2.23. The maximum atomic E-state index is 12.4. The molecule has 2 aromatic rings. The van der Waals surface area contributed by atoms with Gasteiger partial charge in [-0.2, -0.15) is 5.10 Å². The summed E-state index contributed by atoms with van der Waals surface area (Å²) < 4.78 is 1.97. The van der Waals surface area contributed by atoms with Crippen molar-refractivity contribution in [3.63, 3.8) is 0 Å². The number of anilines is 3. The molecule has 1 aromatic carbocycles. The molecule has 1 N–H and O–H groups in total. The highest BCUT2D eigenvalue weighted by Crippen LogP contribution is 2.45. The minimum Gasteiger partial charge on any atom is -0.320 e. The van der Waals surface area contributed by atoms with E-state index < -0.39 is 0 Å². The predicted molar refractivity (Wildman–Crippen MR) is 77.3 cm³/mol. The smallest absolute Gasteiger partial charge is 0.248 e. The summed E-state index contributed by atoms with van der Waals surface area (Å²) >= 11 is 0. The summed E-state index contributed by atoms with van der Waals surface area (Å²) in [6, 6.07) is 8.08. The molecule has 0 fully saturated rings. The minimum atomic E-state index is -0.152. The highest BCUT2D eigenvalue weighted by atomic mass is 16.2. The Morgan fingerprint density at radius 3 is 3.00 bits per heavy atom. The first-order valence-corrected chi connectivity index (χ1v) is 6.96. The lowest BCUT2D eigenvalue weighted by Crippen LogP contribution is -2.44. The Kier molecular flexibility index (Phi) is 2.22. The number of hydrogen-bond donors (Lipinski definition) is 1. The van der Waals surface area contributed by atoms with Gasteiger partial charge in [-0.3, -0.25) is 4.79 Å². The first-order chi connectivity index (χ1) is 9.70. The number of para-hydroxylation sites is 1. The molecule has 4 rings (SSSR count). The van der Waals surface area contributed by atoms with Crippen LogP contribution < -0.4 is 10.2 Å². The van der Waals surface area contributed by atoms with Crippen molar-refractivity contribution in [1.29, 1.82) is 0 Å². The van der Waals surface area contributed by atoms with Crippen LogP contribution in [0.15, 0.2) is 24.3 Å². The van der Waals surface area contributed by atoms with Gasteiger partial charge in [-0.1, -0.05) is 18.2 Å². The maximum Gasteiger partial charge on any atom is 0.248 e. The number of aromatic nitrogens is 2. The largest absolute Gasteiger partial charge is 0.320 e. The summed E-state index contributed by atoms with van der Waals surface area (Å²) in [6.07, 6.45) is 0.759. The Bertz CT molecular complexity index is 719. The number of carbonyl (C=O) groups excluding carboxylic acids is 1. The fourth-order valence-electron chi connectivity index (χ4n) is 3.25. The average molecular weight is 268 g/mol. The second kappa shape index (κ2) is 3.85. The molecule has 2 aliphatic heterocycles. The normalized spacial score (nSPS) is 19.4. The van der Waals surface area contributed by atoms with Crippen LogP contribution in [0.3, 0.4) is 0 Å². The molecule has 3 heterocycles. The van der Waals surface area contributed by atoms with E-state index in [0.717, 1.165) is 35.9 Å². The first kappa shape index (κ1) is 11.5. The van der Waals surface area contributed by atoms with Crippen molar-refractivity contribution in [1.82, 2.24) is 9.78 Å². The third-order valence-corrected chi connectivity index (χ3v) is 4.16. The van der Waals surface area contributed by atoms with Crippen LogP contribution in [-0.4, -0.2) is 21.7 Å². The lowest BCUT2D eigenvalue weighted by atomic mass is 10.1. The first-order valence-electron chi connectivity index (χ1n) is 6.96. The molecular formula is C15H16N4O. The second-order valence-electron chi connectivity index (χ2n) is 5.31. The Hall–Kier alpha value is -2.30. The summed E-state index contributed by atoms with van der Waals surface area (Å²) in [5.41, 5.74) is 4.08. The molecule has 5 nitrogen and oxygen atoms in total. The third-order valence-electron chi connectivity index (χ3n) is 4.16. The minimum absolute atomic E-state index is 0.0625. The molecular weight excluding hydrogens is 252 g/mol. The quantitative estimate of drug-likeness (QED) is 0.863. The van der Waals surface area contributed by atoms with E-state index >= 15 is 0 Å². The molecule has 2 aliphatic rings. The van der Waals surface area contributed by atoms with Gasteiger partial charge in [0.1, 0.15) is 11.7 Å². The molecule has 1 aromatic heterocycles. The van der Waals surface area contributed by atoms with Crippen molar-refractivity contribution in [2.45, 2.75) is 32.9 Å². The lowest BCUT2D eigenvalue weighted by Gasteiger charge is -2.32. The molecule has 1 unspecified atom stereocenters.